The predicted octanol–water partition coefficient (Wildman–Crippen LogP) is 3.87. The van der Waals surface area contributed by atoms with E-state index < -0.39 is 0 Å². The molecule has 92 valence electrons. The maximum Gasteiger partial charge on any atom is 0.123 e. The van der Waals surface area contributed by atoms with Crippen molar-refractivity contribution < 1.29 is 9.47 Å². The lowest BCUT2D eigenvalue weighted by Crippen LogP contribution is -1.88. The number of rotatable bonds is 4. The summed E-state index contributed by atoms with van der Waals surface area (Å²) in [5.74, 6) is 1.59. The lowest BCUT2D eigenvalue weighted by Gasteiger charge is -2.05. The molecule has 0 unspecified atom stereocenters. The van der Waals surface area contributed by atoms with Gasteiger partial charge in [-0.3, -0.25) is 0 Å². The number of methoxy groups -OCH3 is 2. The van der Waals surface area contributed by atoms with E-state index in [2.05, 4.69) is 18.2 Å². The molecule has 0 amide bonds. The first-order valence-electron chi connectivity index (χ1n) is 5.78. The topological polar surface area (TPSA) is 18.5 Å². The van der Waals surface area contributed by atoms with Gasteiger partial charge in [-0.2, -0.15) is 0 Å². The third-order valence-electron chi connectivity index (χ3n) is 2.64. The van der Waals surface area contributed by atoms with E-state index in [0.29, 0.717) is 0 Å². The lowest BCUT2D eigenvalue weighted by atomic mass is 10.1. The monoisotopic (exact) mass is 240 g/mol. The fraction of sp³-hybridized carbons (Fsp3) is 0.125. The summed E-state index contributed by atoms with van der Waals surface area (Å²) in [7, 11) is 3.30. The molecule has 0 radical (unpaired) electrons. The molecule has 2 heteroatoms. The molecule has 0 fully saturated rings. The van der Waals surface area contributed by atoms with E-state index in [4.69, 9.17) is 9.47 Å². The summed E-state index contributed by atoms with van der Waals surface area (Å²) in [4.78, 5) is 0. The van der Waals surface area contributed by atoms with Crippen molar-refractivity contribution in [3.63, 3.8) is 0 Å². The Bertz CT molecular complexity index is 508. The molecule has 0 N–H and O–H groups in total. The molecule has 0 saturated carbocycles. The zero-order valence-corrected chi connectivity index (χ0v) is 10.6. The van der Waals surface area contributed by atoms with Crippen molar-refractivity contribution >= 4 is 12.2 Å². The van der Waals surface area contributed by atoms with Gasteiger partial charge in [0, 0.05) is 6.07 Å². The second-order valence-electron chi connectivity index (χ2n) is 3.89. The Labute approximate surface area is 107 Å². The van der Waals surface area contributed by atoms with Crippen LogP contribution in [0.15, 0.2) is 48.5 Å². The molecule has 2 rings (SSSR count). The van der Waals surface area contributed by atoms with Crippen LogP contribution in [0.2, 0.25) is 0 Å². The summed E-state index contributed by atoms with van der Waals surface area (Å²) in [6, 6.07) is 16.0. The van der Waals surface area contributed by atoms with Crippen molar-refractivity contribution in [1.29, 1.82) is 0 Å². The predicted molar refractivity (Wildman–Crippen MR) is 74.9 cm³/mol. The molecule has 0 aromatic heterocycles. The van der Waals surface area contributed by atoms with Crippen LogP contribution >= 0.6 is 0 Å². The van der Waals surface area contributed by atoms with E-state index in [1.807, 2.05) is 42.5 Å². The van der Waals surface area contributed by atoms with Crippen LogP contribution in [0, 0.1) is 0 Å². The highest BCUT2D eigenvalue weighted by Crippen LogP contribution is 2.23. The summed E-state index contributed by atoms with van der Waals surface area (Å²) < 4.78 is 10.5. The molecular formula is C16H16O2. The van der Waals surface area contributed by atoms with Gasteiger partial charge < -0.3 is 9.47 Å². The number of benzene rings is 2. The number of ether oxygens (including phenoxy) is 2. The second kappa shape index (κ2) is 5.92. The zero-order chi connectivity index (χ0) is 12.8. The molecule has 0 aliphatic heterocycles. The van der Waals surface area contributed by atoms with Gasteiger partial charge in [0.05, 0.1) is 14.2 Å². The van der Waals surface area contributed by atoms with E-state index >= 15 is 0 Å². The van der Waals surface area contributed by atoms with Crippen molar-refractivity contribution in [3.05, 3.63) is 59.7 Å². The molecule has 0 bridgehead atoms. The maximum atomic E-state index is 5.24. The highest BCUT2D eigenvalue weighted by atomic mass is 16.5. The maximum absolute atomic E-state index is 5.24. The fourth-order valence-electron chi connectivity index (χ4n) is 1.68. The molecule has 0 spiro atoms. The van der Waals surface area contributed by atoms with Crippen LogP contribution in [0.1, 0.15) is 11.1 Å². The van der Waals surface area contributed by atoms with E-state index in [1.165, 1.54) is 5.56 Å². The minimum absolute atomic E-state index is 0.794. The van der Waals surface area contributed by atoms with Crippen LogP contribution < -0.4 is 9.47 Å². The van der Waals surface area contributed by atoms with Gasteiger partial charge in [-0.25, -0.2) is 0 Å². The lowest BCUT2D eigenvalue weighted by molar-refractivity contribution is 0.394. The van der Waals surface area contributed by atoms with E-state index in [9.17, 15) is 0 Å². The highest BCUT2D eigenvalue weighted by Gasteiger charge is 1.99. The van der Waals surface area contributed by atoms with Crippen LogP contribution in [0.5, 0.6) is 11.5 Å². The fourth-order valence-corrected chi connectivity index (χ4v) is 1.68. The normalized spacial score (nSPS) is 10.6. The molecule has 0 aliphatic carbocycles. The number of hydrogen-bond acceptors (Lipinski definition) is 2. The van der Waals surface area contributed by atoms with Crippen LogP contribution in [0.3, 0.4) is 0 Å². The summed E-state index contributed by atoms with van der Waals surface area (Å²) in [6.07, 6.45) is 4.11. The van der Waals surface area contributed by atoms with Crippen LogP contribution in [0.4, 0.5) is 0 Å². The summed E-state index contributed by atoms with van der Waals surface area (Å²) in [5.41, 5.74) is 2.22. The van der Waals surface area contributed by atoms with Crippen LogP contribution in [-0.2, 0) is 0 Å². The van der Waals surface area contributed by atoms with Gasteiger partial charge in [-0.15, -0.1) is 0 Å². The Morgan fingerprint density at radius 2 is 1.28 bits per heavy atom. The van der Waals surface area contributed by atoms with Gasteiger partial charge in [0.25, 0.3) is 0 Å². The smallest absolute Gasteiger partial charge is 0.123 e. The van der Waals surface area contributed by atoms with Crippen molar-refractivity contribution in [2.75, 3.05) is 14.2 Å². The molecule has 18 heavy (non-hydrogen) atoms. The molecule has 2 nitrogen and oxygen atoms in total. The summed E-state index contributed by atoms with van der Waals surface area (Å²) in [5, 5.41) is 0. The Morgan fingerprint density at radius 1 is 0.722 bits per heavy atom. The molecule has 0 heterocycles. The standard InChI is InChI=1S/C16H16O2/c1-17-15-10-14(11-16(12-15)18-2)9-8-13-6-4-3-5-7-13/h3-12H,1-2H3/b9-8-. The molecule has 0 atom stereocenters. The van der Waals surface area contributed by atoms with Crippen molar-refractivity contribution in [3.8, 4) is 11.5 Å². The molecule has 0 aliphatic rings. The van der Waals surface area contributed by atoms with Crippen molar-refractivity contribution in [2.24, 2.45) is 0 Å². The SMILES string of the molecule is COc1cc(/C=C\c2ccccc2)cc(OC)c1. The van der Waals surface area contributed by atoms with E-state index in [0.717, 1.165) is 17.1 Å². The van der Waals surface area contributed by atoms with Crippen LogP contribution in [0.25, 0.3) is 12.2 Å². The van der Waals surface area contributed by atoms with E-state index in [-0.39, 0.29) is 0 Å². The minimum Gasteiger partial charge on any atom is -0.497 e. The first kappa shape index (κ1) is 12.2. The largest absolute Gasteiger partial charge is 0.497 e. The average molecular weight is 240 g/mol. The van der Waals surface area contributed by atoms with Gasteiger partial charge in [-0.05, 0) is 23.3 Å². The first-order chi connectivity index (χ1) is 8.81. The molecule has 2 aromatic rings. The zero-order valence-electron chi connectivity index (χ0n) is 10.6. The van der Waals surface area contributed by atoms with Crippen molar-refractivity contribution in [1.82, 2.24) is 0 Å². The van der Waals surface area contributed by atoms with Gasteiger partial charge in [0.1, 0.15) is 11.5 Å². The summed E-state index contributed by atoms with van der Waals surface area (Å²) >= 11 is 0. The van der Waals surface area contributed by atoms with Crippen LogP contribution in [-0.4, -0.2) is 14.2 Å². The number of hydrogen-bond donors (Lipinski definition) is 0. The second-order valence-corrected chi connectivity index (χ2v) is 3.89. The highest BCUT2D eigenvalue weighted by molar-refractivity contribution is 5.70. The molecule has 0 saturated heterocycles. The Hall–Kier alpha value is -2.22. The Kier molecular flexibility index (Phi) is 4.02. The van der Waals surface area contributed by atoms with Gasteiger partial charge >= 0.3 is 0 Å². The molecule has 2 aromatic carbocycles. The quantitative estimate of drug-likeness (QED) is 0.755. The van der Waals surface area contributed by atoms with Gasteiger partial charge in [0.15, 0.2) is 0 Å². The third kappa shape index (κ3) is 3.14. The molecular weight excluding hydrogens is 224 g/mol. The first-order valence-corrected chi connectivity index (χ1v) is 5.78. The van der Waals surface area contributed by atoms with Gasteiger partial charge in [-0.1, -0.05) is 42.5 Å². The third-order valence-corrected chi connectivity index (χ3v) is 2.64. The van der Waals surface area contributed by atoms with Gasteiger partial charge in [0.2, 0.25) is 0 Å². The minimum atomic E-state index is 0.794. The Balaban J connectivity index is 2.25. The Morgan fingerprint density at radius 3 is 1.83 bits per heavy atom. The van der Waals surface area contributed by atoms with E-state index in [1.54, 1.807) is 14.2 Å². The van der Waals surface area contributed by atoms with Crippen molar-refractivity contribution in [2.45, 2.75) is 0 Å². The summed E-state index contributed by atoms with van der Waals surface area (Å²) in [6.45, 7) is 0. The average Bonchev–Trinajstić information content (AvgIpc) is 2.45.